The average Bonchev–Trinajstić information content (AvgIpc) is 2.53. The first-order valence-electron chi connectivity index (χ1n) is 6.98. The van der Waals surface area contributed by atoms with Gasteiger partial charge >= 0.3 is 0 Å². The summed E-state index contributed by atoms with van der Waals surface area (Å²) < 4.78 is 6.35. The SMILES string of the molecule is CC(N)(C(=O)NCCOc1ncccc1Cl)c1ccc(Br)cc1. The van der Waals surface area contributed by atoms with E-state index in [2.05, 4.69) is 26.2 Å². The first-order chi connectivity index (χ1) is 10.9. The summed E-state index contributed by atoms with van der Waals surface area (Å²) in [6.45, 7) is 2.22. The normalized spacial score (nSPS) is 13.2. The van der Waals surface area contributed by atoms with Crippen LogP contribution in [0.25, 0.3) is 0 Å². The number of ether oxygens (including phenoxy) is 1. The maximum atomic E-state index is 12.3. The summed E-state index contributed by atoms with van der Waals surface area (Å²) in [6, 6.07) is 10.7. The molecule has 1 aromatic carbocycles. The molecule has 1 aromatic heterocycles. The van der Waals surface area contributed by atoms with E-state index in [9.17, 15) is 4.79 Å². The number of nitrogens with one attached hydrogen (secondary N) is 1. The molecule has 7 heteroatoms. The van der Waals surface area contributed by atoms with E-state index in [4.69, 9.17) is 22.1 Å². The van der Waals surface area contributed by atoms with Gasteiger partial charge in [0.15, 0.2) is 0 Å². The Kier molecular flexibility index (Phi) is 5.98. The summed E-state index contributed by atoms with van der Waals surface area (Å²) >= 11 is 9.29. The fourth-order valence-corrected chi connectivity index (χ4v) is 2.34. The van der Waals surface area contributed by atoms with Gasteiger partial charge in [-0.1, -0.05) is 39.7 Å². The molecular weight excluding hydrogens is 382 g/mol. The molecule has 0 saturated heterocycles. The molecule has 5 nitrogen and oxygen atoms in total. The Hall–Kier alpha value is -1.63. The Morgan fingerprint density at radius 2 is 2.09 bits per heavy atom. The zero-order valence-corrected chi connectivity index (χ0v) is 14.9. The molecule has 2 rings (SSSR count). The van der Waals surface area contributed by atoms with E-state index < -0.39 is 5.54 Å². The molecule has 23 heavy (non-hydrogen) atoms. The van der Waals surface area contributed by atoms with Crippen LogP contribution in [-0.2, 0) is 10.3 Å². The van der Waals surface area contributed by atoms with Crippen LogP contribution in [0, 0.1) is 0 Å². The second-order valence-electron chi connectivity index (χ2n) is 5.10. The molecule has 0 fully saturated rings. The number of amides is 1. The monoisotopic (exact) mass is 397 g/mol. The summed E-state index contributed by atoms with van der Waals surface area (Å²) in [6.07, 6.45) is 1.59. The highest BCUT2D eigenvalue weighted by Crippen LogP contribution is 2.21. The molecule has 2 aromatic rings. The van der Waals surface area contributed by atoms with Crippen LogP contribution >= 0.6 is 27.5 Å². The Labute approximate surface area is 148 Å². The number of benzene rings is 1. The molecule has 0 spiro atoms. The van der Waals surface area contributed by atoms with Crippen molar-refractivity contribution in [1.82, 2.24) is 10.3 Å². The van der Waals surface area contributed by atoms with Gasteiger partial charge in [-0.15, -0.1) is 0 Å². The zero-order chi connectivity index (χ0) is 16.9. The van der Waals surface area contributed by atoms with Crippen LogP contribution in [-0.4, -0.2) is 24.0 Å². The maximum Gasteiger partial charge on any atom is 0.244 e. The van der Waals surface area contributed by atoms with Crippen molar-refractivity contribution in [2.45, 2.75) is 12.5 Å². The Morgan fingerprint density at radius 1 is 1.39 bits per heavy atom. The quantitative estimate of drug-likeness (QED) is 0.734. The van der Waals surface area contributed by atoms with E-state index in [-0.39, 0.29) is 12.5 Å². The Balaban J connectivity index is 1.86. The number of hydrogen-bond acceptors (Lipinski definition) is 4. The molecule has 122 valence electrons. The van der Waals surface area contributed by atoms with Gasteiger partial charge in [0.1, 0.15) is 17.2 Å². The summed E-state index contributed by atoms with van der Waals surface area (Å²) in [5.41, 5.74) is 5.75. The van der Waals surface area contributed by atoms with Gasteiger partial charge in [-0.25, -0.2) is 4.98 Å². The number of carbonyl (C=O) groups excluding carboxylic acids is 1. The topological polar surface area (TPSA) is 77.2 Å². The van der Waals surface area contributed by atoms with E-state index in [1.807, 2.05) is 24.3 Å². The van der Waals surface area contributed by atoms with Crippen LogP contribution in [0.2, 0.25) is 5.02 Å². The summed E-state index contributed by atoms with van der Waals surface area (Å²) in [7, 11) is 0. The third-order valence-electron chi connectivity index (χ3n) is 3.27. The summed E-state index contributed by atoms with van der Waals surface area (Å²) in [4.78, 5) is 16.3. The zero-order valence-electron chi connectivity index (χ0n) is 12.6. The molecule has 1 atom stereocenters. The van der Waals surface area contributed by atoms with Crippen molar-refractivity contribution < 1.29 is 9.53 Å². The van der Waals surface area contributed by atoms with Crippen molar-refractivity contribution in [1.29, 1.82) is 0 Å². The predicted molar refractivity (Wildman–Crippen MR) is 93.4 cm³/mol. The van der Waals surface area contributed by atoms with E-state index in [1.165, 1.54) is 0 Å². The highest BCUT2D eigenvalue weighted by Gasteiger charge is 2.30. The van der Waals surface area contributed by atoms with Gasteiger partial charge in [0.25, 0.3) is 0 Å². The van der Waals surface area contributed by atoms with Crippen molar-refractivity contribution in [3.8, 4) is 5.88 Å². The molecule has 3 N–H and O–H groups in total. The van der Waals surface area contributed by atoms with Crippen LogP contribution in [0.15, 0.2) is 47.1 Å². The third kappa shape index (κ3) is 4.67. The maximum absolute atomic E-state index is 12.3. The lowest BCUT2D eigenvalue weighted by Crippen LogP contribution is -2.49. The fourth-order valence-electron chi connectivity index (χ4n) is 1.90. The first-order valence-corrected chi connectivity index (χ1v) is 8.15. The molecule has 0 radical (unpaired) electrons. The molecule has 1 amide bonds. The fraction of sp³-hybridized carbons (Fsp3) is 0.250. The second-order valence-corrected chi connectivity index (χ2v) is 6.43. The number of carbonyl (C=O) groups is 1. The lowest BCUT2D eigenvalue weighted by molar-refractivity contribution is -0.126. The largest absolute Gasteiger partial charge is 0.475 e. The smallest absolute Gasteiger partial charge is 0.244 e. The van der Waals surface area contributed by atoms with E-state index in [0.717, 1.165) is 10.0 Å². The minimum absolute atomic E-state index is 0.249. The van der Waals surface area contributed by atoms with Gasteiger partial charge in [-0.2, -0.15) is 0 Å². The average molecular weight is 399 g/mol. The van der Waals surface area contributed by atoms with Gasteiger partial charge in [0, 0.05) is 10.7 Å². The number of halogens is 2. The minimum atomic E-state index is -1.12. The van der Waals surface area contributed by atoms with Crippen molar-refractivity contribution in [3.05, 3.63) is 57.7 Å². The Morgan fingerprint density at radius 3 is 2.74 bits per heavy atom. The third-order valence-corrected chi connectivity index (χ3v) is 4.08. The number of nitrogens with zero attached hydrogens (tertiary/aromatic N) is 1. The van der Waals surface area contributed by atoms with Crippen LogP contribution in [0.4, 0.5) is 0 Å². The number of hydrogen-bond donors (Lipinski definition) is 2. The van der Waals surface area contributed by atoms with Gasteiger partial charge in [-0.3, -0.25) is 4.79 Å². The van der Waals surface area contributed by atoms with Gasteiger partial charge in [-0.05, 0) is 36.8 Å². The van der Waals surface area contributed by atoms with Crippen LogP contribution in [0.5, 0.6) is 5.88 Å². The van der Waals surface area contributed by atoms with E-state index in [1.54, 1.807) is 25.3 Å². The van der Waals surface area contributed by atoms with Crippen molar-refractivity contribution in [2.75, 3.05) is 13.2 Å². The van der Waals surface area contributed by atoms with Gasteiger partial charge in [0.05, 0.1) is 6.54 Å². The molecule has 0 aliphatic carbocycles. The molecule has 1 heterocycles. The van der Waals surface area contributed by atoms with E-state index >= 15 is 0 Å². The number of nitrogens with two attached hydrogens (primary N) is 1. The molecule has 0 aliphatic rings. The molecule has 1 unspecified atom stereocenters. The van der Waals surface area contributed by atoms with Crippen LogP contribution in [0.3, 0.4) is 0 Å². The van der Waals surface area contributed by atoms with Crippen molar-refractivity contribution >= 4 is 33.4 Å². The molecular formula is C16H17BrClN3O2. The second kappa shape index (κ2) is 7.77. The molecule has 0 saturated carbocycles. The number of pyridine rings is 1. The summed E-state index contributed by atoms with van der Waals surface area (Å²) in [5.74, 6) is 0.0578. The van der Waals surface area contributed by atoms with Crippen molar-refractivity contribution in [3.63, 3.8) is 0 Å². The van der Waals surface area contributed by atoms with Gasteiger partial charge in [0.2, 0.25) is 11.8 Å². The predicted octanol–water partition coefficient (Wildman–Crippen LogP) is 2.87. The van der Waals surface area contributed by atoms with Crippen molar-refractivity contribution in [2.24, 2.45) is 5.73 Å². The number of rotatable bonds is 6. The van der Waals surface area contributed by atoms with Crippen LogP contribution in [0.1, 0.15) is 12.5 Å². The minimum Gasteiger partial charge on any atom is -0.475 e. The number of aromatic nitrogens is 1. The Bertz CT molecular complexity index is 677. The van der Waals surface area contributed by atoms with Gasteiger partial charge < -0.3 is 15.8 Å². The lowest BCUT2D eigenvalue weighted by Gasteiger charge is -2.24. The lowest BCUT2D eigenvalue weighted by atomic mass is 9.92. The first kappa shape index (κ1) is 17.7. The molecule has 0 bridgehead atoms. The highest BCUT2D eigenvalue weighted by atomic mass is 79.9. The molecule has 0 aliphatic heterocycles. The highest BCUT2D eigenvalue weighted by molar-refractivity contribution is 9.10. The van der Waals surface area contributed by atoms with E-state index in [0.29, 0.717) is 17.4 Å². The van der Waals surface area contributed by atoms with Crippen LogP contribution < -0.4 is 15.8 Å². The standard InChI is InChI=1S/C16H17BrClN3O2/c1-16(19,11-4-6-12(17)7-5-11)15(22)21-9-10-23-14-13(18)3-2-8-20-14/h2-8H,9-10,19H2,1H3,(H,21,22). The summed E-state index contributed by atoms with van der Waals surface area (Å²) in [5, 5.41) is 3.18.